The summed E-state index contributed by atoms with van der Waals surface area (Å²) in [6.07, 6.45) is 8.30. The van der Waals surface area contributed by atoms with Crippen LogP contribution in [0.5, 0.6) is 0 Å². The normalized spacial score (nSPS) is 24.7. The summed E-state index contributed by atoms with van der Waals surface area (Å²) in [7, 11) is 0. The van der Waals surface area contributed by atoms with Crippen molar-refractivity contribution in [1.29, 1.82) is 0 Å². The monoisotopic (exact) mass is 756 g/mol. The van der Waals surface area contributed by atoms with Crippen molar-refractivity contribution < 1.29 is 28.3 Å². The lowest BCUT2D eigenvalue weighted by Gasteiger charge is -2.44. The molecule has 5 aliphatic rings. The number of aromatic nitrogens is 2. The highest BCUT2D eigenvalue weighted by Gasteiger charge is 2.39. The molecule has 55 heavy (non-hydrogen) atoms. The van der Waals surface area contributed by atoms with Crippen molar-refractivity contribution in [2.45, 2.75) is 87.8 Å². The quantitative estimate of drug-likeness (QED) is 0.216. The zero-order valence-electron chi connectivity index (χ0n) is 31.1. The maximum absolute atomic E-state index is 15.2. The lowest BCUT2D eigenvalue weighted by molar-refractivity contribution is -0.141. The highest BCUT2D eigenvalue weighted by molar-refractivity contribution is 6.01. The van der Waals surface area contributed by atoms with E-state index in [0.29, 0.717) is 94.0 Å². The molecule has 3 aromatic rings. The summed E-state index contributed by atoms with van der Waals surface area (Å²) in [5, 5.41) is 20.3. The number of β-amino-alcohol motifs (C(OH)–C–C–N with tert-alkyl or cyclic N) is 1. The van der Waals surface area contributed by atoms with Crippen LogP contribution >= 0.6 is 0 Å². The molecule has 3 amide bonds. The third-order valence-corrected chi connectivity index (χ3v) is 12.1. The van der Waals surface area contributed by atoms with Crippen LogP contribution in [0, 0.1) is 17.6 Å². The van der Waals surface area contributed by atoms with Crippen LogP contribution in [0.2, 0.25) is 0 Å². The van der Waals surface area contributed by atoms with Crippen LogP contribution in [0.4, 0.5) is 26.1 Å². The van der Waals surface area contributed by atoms with Crippen LogP contribution in [0.15, 0.2) is 48.7 Å². The fourth-order valence-electron chi connectivity index (χ4n) is 8.67. The fraction of sp³-hybridized carbons (Fsp3) is 0.537. The van der Waals surface area contributed by atoms with E-state index in [-0.39, 0.29) is 36.0 Å². The second-order valence-electron chi connectivity index (χ2n) is 16.1. The number of nitrogens with one attached hydrogen (secondary N) is 3. The third-order valence-electron chi connectivity index (χ3n) is 12.1. The number of hydrogen-bond acceptors (Lipinski definition) is 10. The second kappa shape index (κ2) is 15.8. The van der Waals surface area contributed by atoms with Crippen LogP contribution in [0.1, 0.15) is 75.7 Å². The number of benzene rings is 2. The van der Waals surface area contributed by atoms with Gasteiger partial charge < -0.3 is 25.5 Å². The summed E-state index contributed by atoms with van der Waals surface area (Å²) in [6, 6.07) is 12.4. The first-order valence-electron chi connectivity index (χ1n) is 19.9. The van der Waals surface area contributed by atoms with Crippen molar-refractivity contribution in [3.05, 3.63) is 65.9 Å². The van der Waals surface area contributed by atoms with Gasteiger partial charge in [-0.05, 0) is 93.5 Å². The number of imide groups is 1. The summed E-state index contributed by atoms with van der Waals surface area (Å²) in [5.74, 6) is -0.452. The molecule has 0 bridgehead atoms. The number of amides is 3. The Morgan fingerprint density at radius 2 is 1.65 bits per heavy atom. The van der Waals surface area contributed by atoms with Gasteiger partial charge in [-0.15, -0.1) is 0 Å². The Kier molecular flexibility index (Phi) is 10.7. The lowest BCUT2D eigenvalue weighted by atomic mass is 9.84. The minimum absolute atomic E-state index is 0.0603. The SMILES string of the molecule is O=C1CCC(Nc2ccc(N3CCN(CC4(O)CCN(C(=O)C5CCC(Nc6ncc(F)c(-c7cccc(C8CC8)c7)n6)CC5)CC4)CC3)c(F)c2)C(=O)N1. The molecule has 1 unspecified atom stereocenters. The number of aliphatic hydroxyl groups is 1. The molecule has 3 saturated heterocycles. The number of halogens is 2. The van der Waals surface area contributed by atoms with Gasteiger partial charge in [0.15, 0.2) is 5.82 Å². The van der Waals surface area contributed by atoms with Crippen molar-refractivity contribution >= 4 is 35.0 Å². The number of nitrogens with zero attached hydrogens (tertiary/aromatic N) is 5. The maximum Gasteiger partial charge on any atom is 0.249 e. The van der Waals surface area contributed by atoms with Crippen LogP contribution in [0.3, 0.4) is 0 Å². The largest absolute Gasteiger partial charge is 0.388 e. The Bertz CT molecular complexity index is 1900. The molecule has 5 fully saturated rings. The van der Waals surface area contributed by atoms with Gasteiger partial charge in [0, 0.05) is 75.4 Å². The van der Waals surface area contributed by atoms with Gasteiger partial charge in [0.05, 0.1) is 17.5 Å². The van der Waals surface area contributed by atoms with Gasteiger partial charge in [-0.25, -0.2) is 18.7 Å². The number of likely N-dealkylation sites (tertiary alicyclic amines) is 1. The molecule has 8 rings (SSSR count). The molecule has 292 valence electrons. The Labute approximate surface area is 320 Å². The first kappa shape index (κ1) is 37.2. The molecule has 0 spiro atoms. The number of piperidine rings is 2. The van der Waals surface area contributed by atoms with E-state index >= 15 is 4.39 Å². The van der Waals surface area contributed by atoms with Crippen LogP contribution in [-0.4, -0.2) is 106 Å². The average Bonchev–Trinajstić information content (AvgIpc) is 4.04. The summed E-state index contributed by atoms with van der Waals surface area (Å²) >= 11 is 0. The number of anilines is 3. The van der Waals surface area contributed by atoms with E-state index in [0.717, 1.165) is 31.2 Å². The van der Waals surface area contributed by atoms with Crippen LogP contribution in [-0.2, 0) is 14.4 Å². The molecule has 1 atom stereocenters. The smallest absolute Gasteiger partial charge is 0.249 e. The topological polar surface area (TPSA) is 143 Å². The average molecular weight is 757 g/mol. The Morgan fingerprint density at radius 3 is 2.36 bits per heavy atom. The Hall–Kier alpha value is -4.69. The fourth-order valence-corrected chi connectivity index (χ4v) is 8.67. The number of hydrogen-bond donors (Lipinski definition) is 4. The van der Waals surface area contributed by atoms with Crippen molar-refractivity contribution in [3.8, 4) is 11.3 Å². The Morgan fingerprint density at radius 1 is 0.891 bits per heavy atom. The number of piperazine rings is 1. The van der Waals surface area contributed by atoms with E-state index in [1.807, 2.05) is 28.0 Å². The summed E-state index contributed by atoms with van der Waals surface area (Å²) in [5.41, 5.74) is 2.38. The number of carbonyl (C=O) groups is 3. The summed E-state index contributed by atoms with van der Waals surface area (Å²) < 4.78 is 30.0. The number of rotatable bonds is 10. The minimum atomic E-state index is -0.887. The van der Waals surface area contributed by atoms with E-state index in [2.05, 4.69) is 36.9 Å². The molecule has 0 radical (unpaired) electrons. The highest BCUT2D eigenvalue weighted by atomic mass is 19.1. The molecule has 2 aromatic carbocycles. The van der Waals surface area contributed by atoms with E-state index in [1.54, 1.807) is 12.1 Å². The summed E-state index contributed by atoms with van der Waals surface area (Å²) in [4.78, 5) is 52.0. The van der Waals surface area contributed by atoms with E-state index in [9.17, 15) is 23.9 Å². The molecule has 4 heterocycles. The molecule has 2 saturated carbocycles. The first-order valence-corrected chi connectivity index (χ1v) is 19.9. The molecule has 4 N–H and O–H groups in total. The molecule has 1 aromatic heterocycles. The molecular weight excluding hydrogens is 706 g/mol. The van der Waals surface area contributed by atoms with Gasteiger partial charge in [-0.2, -0.15) is 0 Å². The van der Waals surface area contributed by atoms with Gasteiger partial charge in [-0.3, -0.25) is 24.6 Å². The van der Waals surface area contributed by atoms with Gasteiger partial charge >= 0.3 is 0 Å². The minimum Gasteiger partial charge on any atom is -0.388 e. The van der Waals surface area contributed by atoms with Crippen molar-refractivity contribution in [2.24, 2.45) is 5.92 Å². The lowest BCUT2D eigenvalue weighted by Crippen LogP contribution is -2.56. The van der Waals surface area contributed by atoms with Crippen molar-refractivity contribution in [2.75, 3.05) is 61.3 Å². The van der Waals surface area contributed by atoms with Gasteiger partial charge in [0.1, 0.15) is 17.6 Å². The van der Waals surface area contributed by atoms with Crippen LogP contribution in [0.25, 0.3) is 11.3 Å². The summed E-state index contributed by atoms with van der Waals surface area (Å²) in [6.45, 7) is 4.12. The third kappa shape index (κ3) is 8.75. The molecular formula is C41H50F2N8O4. The van der Waals surface area contributed by atoms with E-state index < -0.39 is 23.4 Å². The number of carbonyl (C=O) groups excluding carboxylic acids is 3. The second-order valence-corrected chi connectivity index (χ2v) is 16.1. The van der Waals surface area contributed by atoms with Gasteiger partial charge in [0.25, 0.3) is 0 Å². The molecule has 2 aliphatic carbocycles. The van der Waals surface area contributed by atoms with Crippen molar-refractivity contribution in [1.82, 2.24) is 25.1 Å². The van der Waals surface area contributed by atoms with E-state index in [4.69, 9.17) is 0 Å². The zero-order valence-corrected chi connectivity index (χ0v) is 31.1. The molecule has 14 heteroatoms. The maximum atomic E-state index is 15.2. The standard InChI is InChI=1S/C41H50F2N8O4/c42-32-23-31(45-34-11-13-36(52)47-38(34)53)10-12-35(32)50-20-18-49(19-21-50)25-41(55)14-16-51(17-15-41)39(54)27-6-8-30(9-7-27)46-40-44-24-33(43)37(48-40)29-3-1-2-28(22-29)26-4-5-26/h1-3,10,12,22-24,26-27,30,34,45,55H,4-9,11,13-21,25H2,(H,44,46,48)(H,47,52,53). The highest BCUT2D eigenvalue weighted by Crippen LogP contribution is 2.41. The Balaban J connectivity index is 0.765. The van der Waals surface area contributed by atoms with Crippen molar-refractivity contribution in [3.63, 3.8) is 0 Å². The molecule has 3 aliphatic heterocycles. The predicted octanol–water partition coefficient (Wildman–Crippen LogP) is 4.66. The van der Waals surface area contributed by atoms with Gasteiger partial charge in [-0.1, -0.05) is 18.2 Å². The molecule has 12 nitrogen and oxygen atoms in total. The first-order chi connectivity index (χ1) is 26.6. The van der Waals surface area contributed by atoms with Gasteiger partial charge in [0.2, 0.25) is 23.7 Å². The predicted molar refractivity (Wildman–Crippen MR) is 204 cm³/mol. The van der Waals surface area contributed by atoms with E-state index in [1.165, 1.54) is 30.7 Å². The van der Waals surface area contributed by atoms with Crippen LogP contribution < -0.4 is 20.9 Å². The zero-order chi connectivity index (χ0) is 38.1.